The molecule has 1 unspecified atom stereocenters. The topological polar surface area (TPSA) is 98.6 Å². The molecule has 0 heterocycles. The second kappa shape index (κ2) is 4.65. The fraction of sp³-hybridized carbons (Fsp3) is 0.300. The first-order valence-corrected chi connectivity index (χ1v) is 4.46. The van der Waals surface area contributed by atoms with E-state index in [1.165, 1.54) is 13.2 Å². The Morgan fingerprint density at radius 1 is 1.60 bits per heavy atom. The van der Waals surface area contributed by atoms with Crippen LogP contribution >= 0.6 is 0 Å². The molecule has 1 aromatic rings. The molecule has 1 aromatic carbocycles. The number of primary amides is 1. The van der Waals surface area contributed by atoms with Crippen molar-refractivity contribution in [2.75, 3.05) is 7.11 Å². The van der Waals surface area contributed by atoms with Crippen molar-refractivity contribution in [3.05, 3.63) is 23.8 Å². The predicted octanol–water partition coefficient (Wildman–Crippen LogP) is -0.244. The fourth-order valence-corrected chi connectivity index (χ4v) is 1.27. The SMILES string of the molecule is COc1cccc(O)c1CC(N)C(N)=O. The predicted molar refractivity (Wildman–Crippen MR) is 55.5 cm³/mol. The minimum absolute atomic E-state index is 0.0473. The third-order valence-corrected chi connectivity index (χ3v) is 2.12. The maximum Gasteiger partial charge on any atom is 0.234 e. The number of phenols is 1. The first kappa shape index (κ1) is 11.3. The highest BCUT2D eigenvalue weighted by molar-refractivity contribution is 5.80. The summed E-state index contributed by atoms with van der Waals surface area (Å²) in [5.74, 6) is -0.0712. The van der Waals surface area contributed by atoms with E-state index in [4.69, 9.17) is 16.2 Å². The number of nitrogens with two attached hydrogens (primary N) is 2. The van der Waals surface area contributed by atoms with Gasteiger partial charge in [0.15, 0.2) is 0 Å². The Kier molecular flexibility index (Phi) is 3.51. The average Bonchev–Trinajstić information content (AvgIpc) is 2.20. The van der Waals surface area contributed by atoms with Gasteiger partial charge in [0.2, 0.25) is 5.91 Å². The Bertz CT molecular complexity index is 366. The standard InChI is InChI=1S/C10H14N2O3/c1-15-9-4-2-3-8(13)6(9)5-7(11)10(12)14/h2-4,7,13H,5,11H2,1H3,(H2,12,14). The normalized spacial score (nSPS) is 12.1. The smallest absolute Gasteiger partial charge is 0.234 e. The van der Waals surface area contributed by atoms with E-state index in [-0.39, 0.29) is 12.2 Å². The molecule has 5 nitrogen and oxygen atoms in total. The van der Waals surface area contributed by atoms with Gasteiger partial charge in [-0.1, -0.05) is 6.07 Å². The highest BCUT2D eigenvalue weighted by atomic mass is 16.5. The molecule has 0 aliphatic heterocycles. The zero-order valence-corrected chi connectivity index (χ0v) is 8.43. The van der Waals surface area contributed by atoms with Crippen molar-refractivity contribution < 1.29 is 14.6 Å². The van der Waals surface area contributed by atoms with Gasteiger partial charge in [-0.3, -0.25) is 4.79 Å². The Hall–Kier alpha value is -1.75. The largest absolute Gasteiger partial charge is 0.508 e. The molecule has 1 rings (SSSR count). The second-order valence-corrected chi connectivity index (χ2v) is 3.17. The molecular weight excluding hydrogens is 196 g/mol. The summed E-state index contributed by atoms with van der Waals surface area (Å²) < 4.78 is 5.04. The molecule has 0 fully saturated rings. The number of aromatic hydroxyl groups is 1. The summed E-state index contributed by atoms with van der Waals surface area (Å²) in [7, 11) is 1.48. The molecule has 0 aromatic heterocycles. The van der Waals surface area contributed by atoms with Gasteiger partial charge in [-0.15, -0.1) is 0 Å². The molecular formula is C10H14N2O3. The van der Waals surface area contributed by atoms with Crippen LogP contribution in [0.25, 0.3) is 0 Å². The summed E-state index contributed by atoms with van der Waals surface area (Å²) in [6.07, 6.45) is 0.158. The number of ether oxygens (including phenoxy) is 1. The first-order chi connectivity index (χ1) is 7.06. The lowest BCUT2D eigenvalue weighted by molar-refractivity contribution is -0.119. The van der Waals surface area contributed by atoms with Crippen molar-refractivity contribution >= 4 is 5.91 Å². The molecule has 0 aliphatic carbocycles. The van der Waals surface area contributed by atoms with Crippen LogP contribution < -0.4 is 16.2 Å². The lowest BCUT2D eigenvalue weighted by Crippen LogP contribution is -2.38. The van der Waals surface area contributed by atoms with Gasteiger partial charge in [-0.2, -0.15) is 0 Å². The van der Waals surface area contributed by atoms with Crippen molar-refractivity contribution in [3.63, 3.8) is 0 Å². The van der Waals surface area contributed by atoms with E-state index in [0.717, 1.165) is 0 Å². The first-order valence-electron chi connectivity index (χ1n) is 4.46. The molecule has 0 saturated carbocycles. The van der Waals surface area contributed by atoms with Crippen LogP contribution in [-0.4, -0.2) is 24.2 Å². The molecule has 82 valence electrons. The van der Waals surface area contributed by atoms with Gasteiger partial charge in [0, 0.05) is 12.0 Å². The Balaban J connectivity index is 2.97. The second-order valence-electron chi connectivity index (χ2n) is 3.17. The number of methoxy groups -OCH3 is 1. The Morgan fingerprint density at radius 3 is 2.80 bits per heavy atom. The fourth-order valence-electron chi connectivity index (χ4n) is 1.27. The molecule has 0 aliphatic rings. The highest BCUT2D eigenvalue weighted by Crippen LogP contribution is 2.28. The van der Waals surface area contributed by atoms with Crippen LogP contribution in [0.1, 0.15) is 5.56 Å². The van der Waals surface area contributed by atoms with Gasteiger partial charge >= 0.3 is 0 Å². The number of phenolic OH excluding ortho intramolecular Hbond substituents is 1. The van der Waals surface area contributed by atoms with E-state index in [9.17, 15) is 9.90 Å². The van der Waals surface area contributed by atoms with Crippen molar-refractivity contribution in [1.29, 1.82) is 0 Å². The molecule has 5 heteroatoms. The Morgan fingerprint density at radius 2 is 2.27 bits per heavy atom. The van der Waals surface area contributed by atoms with Gasteiger partial charge in [-0.25, -0.2) is 0 Å². The van der Waals surface area contributed by atoms with Gasteiger partial charge in [0.05, 0.1) is 13.2 Å². The lowest BCUT2D eigenvalue weighted by atomic mass is 10.0. The van der Waals surface area contributed by atoms with Crippen molar-refractivity contribution in [2.45, 2.75) is 12.5 Å². The number of hydrogen-bond acceptors (Lipinski definition) is 4. The van der Waals surface area contributed by atoms with E-state index in [1.807, 2.05) is 0 Å². The van der Waals surface area contributed by atoms with E-state index < -0.39 is 11.9 Å². The third-order valence-electron chi connectivity index (χ3n) is 2.12. The van der Waals surface area contributed by atoms with Crippen molar-refractivity contribution in [3.8, 4) is 11.5 Å². The zero-order valence-electron chi connectivity index (χ0n) is 8.43. The molecule has 0 radical (unpaired) electrons. The average molecular weight is 210 g/mol. The molecule has 1 amide bonds. The van der Waals surface area contributed by atoms with Gasteiger partial charge in [-0.05, 0) is 12.1 Å². The van der Waals surface area contributed by atoms with Crippen molar-refractivity contribution in [1.82, 2.24) is 0 Å². The van der Waals surface area contributed by atoms with Crippen LogP contribution in [0.5, 0.6) is 11.5 Å². The maximum absolute atomic E-state index is 10.8. The number of rotatable bonds is 4. The summed E-state index contributed by atoms with van der Waals surface area (Å²) in [4.78, 5) is 10.8. The minimum Gasteiger partial charge on any atom is -0.508 e. The molecule has 0 saturated heterocycles. The number of carbonyl (C=O) groups excluding carboxylic acids is 1. The quantitative estimate of drug-likeness (QED) is 0.638. The molecule has 0 bridgehead atoms. The summed E-state index contributed by atoms with van der Waals surface area (Å²) >= 11 is 0. The third kappa shape index (κ3) is 2.60. The lowest BCUT2D eigenvalue weighted by Gasteiger charge is -2.12. The number of amides is 1. The monoisotopic (exact) mass is 210 g/mol. The van der Waals surface area contributed by atoms with E-state index in [0.29, 0.717) is 11.3 Å². The zero-order chi connectivity index (χ0) is 11.4. The van der Waals surface area contributed by atoms with Crippen LogP contribution in [-0.2, 0) is 11.2 Å². The van der Waals surface area contributed by atoms with Crippen LogP contribution in [0.4, 0.5) is 0 Å². The molecule has 1 atom stereocenters. The van der Waals surface area contributed by atoms with Crippen LogP contribution in [0, 0.1) is 0 Å². The number of hydrogen-bond donors (Lipinski definition) is 3. The number of benzene rings is 1. The molecule has 0 spiro atoms. The summed E-state index contributed by atoms with van der Waals surface area (Å²) in [5.41, 5.74) is 11.0. The summed E-state index contributed by atoms with van der Waals surface area (Å²) in [6.45, 7) is 0. The van der Waals surface area contributed by atoms with Gasteiger partial charge < -0.3 is 21.3 Å². The van der Waals surface area contributed by atoms with Crippen LogP contribution in [0.15, 0.2) is 18.2 Å². The van der Waals surface area contributed by atoms with Crippen molar-refractivity contribution in [2.24, 2.45) is 11.5 Å². The number of carbonyl (C=O) groups is 1. The van der Waals surface area contributed by atoms with Gasteiger partial charge in [0.25, 0.3) is 0 Å². The van der Waals surface area contributed by atoms with Crippen LogP contribution in [0.2, 0.25) is 0 Å². The molecule has 15 heavy (non-hydrogen) atoms. The summed E-state index contributed by atoms with van der Waals surface area (Å²) in [6, 6.07) is 4.01. The Labute approximate surface area is 87.6 Å². The van der Waals surface area contributed by atoms with Gasteiger partial charge in [0.1, 0.15) is 11.5 Å². The highest BCUT2D eigenvalue weighted by Gasteiger charge is 2.16. The molecule has 5 N–H and O–H groups in total. The maximum atomic E-state index is 10.8. The van der Waals surface area contributed by atoms with E-state index >= 15 is 0 Å². The van der Waals surface area contributed by atoms with E-state index in [2.05, 4.69) is 0 Å². The van der Waals surface area contributed by atoms with E-state index in [1.54, 1.807) is 12.1 Å². The van der Waals surface area contributed by atoms with Crippen LogP contribution in [0.3, 0.4) is 0 Å². The minimum atomic E-state index is -0.827. The summed E-state index contributed by atoms with van der Waals surface area (Å²) in [5, 5.41) is 9.57.